The van der Waals surface area contributed by atoms with Crippen LogP contribution < -0.4 is 10.6 Å². The second-order valence-electron chi connectivity index (χ2n) is 5.11. The van der Waals surface area contributed by atoms with Crippen LogP contribution in [0.3, 0.4) is 0 Å². The van der Waals surface area contributed by atoms with Crippen LogP contribution in [0, 0.1) is 0 Å². The Morgan fingerprint density at radius 1 is 1.08 bits per heavy atom. The average molecular weight is 363 g/mol. The molecule has 7 heteroatoms. The molecule has 124 valence electrons. The summed E-state index contributed by atoms with van der Waals surface area (Å²) in [4.78, 5) is 8.62. The summed E-state index contributed by atoms with van der Waals surface area (Å²) < 4.78 is 5.28. The monoisotopic (exact) mass is 362 g/mol. The van der Waals surface area contributed by atoms with Crippen LogP contribution >= 0.6 is 23.2 Å². The van der Waals surface area contributed by atoms with Gasteiger partial charge in [-0.3, -0.25) is 0 Å². The van der Waals surface area contributed by atoms with Crippen molar-refractivity contribution in [1.29, 1.82) is 0 Å². The fourth-order valence-electron chi connectivity index (χ4n) is 2.17. The van der Waals surface area contributed by atoms with E-state index in [2.05, 4.69) is 20.6 Å². The van der Waals surface area contributed by atoms with E-state index in [9.17, 15) is 0 Å². The molecular weight excluding hydrogens is 347 g/mol. The highest BCUT2D eigenvalue weighted by atomic mass is 35.5. The minimum atomic E-state index is 0.560. The van der Waals surface area contributed by atoms with Crippen LogP contribution in [0.5, 0.6) is 0 Å². The topological polar surface area (TPSA) is 63.0 Å². The minimum absolute atomic E-state index is 0.560. The third-order valence-corrected chi connectivity index (χ3v) is 3.96. The maximum atomic E-state index is 6.16. The van der Waals surface area contributed by atoms with Crippen LogP contribution in [-0.4, -0.2) is 16.5 Å². The van der Waals surface area contributed by atoms with Gasteiger partial charge in [-0.25, -0.2) is 4.98 Å². The molecule has 0 radical (unpaired) electrons. The van der Waals surface area contributed by atoms with Crippen molar-refractivity contribution in [1.82, 2.24) is 9.97 Å². The largest absolute Gasteiger partial charge is 0.467 e. The zero-order valence-corrected chi connectivity index (χ0v) is 14.3. The number of hydrogen-bond donors (Lipinski definition) is 2. The number of anilines is 2. The van der Waals surface area contributed by atoms with Gasteiger partial charge in [-0.1, -0.05) is 29.3 Å². The van der Waals surface area contributed by atoms with Gasteiger partial charge in [-0.2, -0.15) is 4.98 Å². The summed E-state index contributed by atoms with van der Waals surface area (Å²) in [6, 6.07) is 11.1. The summed E-state index contributed by atoms with van der Waals surface area (Å²) >= 11 is 12.1. The lowest BCUT2D eigenvalue weighted by atomic mass is 10.1. The van der Waals surface area contributed by atoms with Crippen molar-refractivity contribution in [3.05, 3.63) is 70.2 Å². The van der Waals surface area contributed by atoms with E-state index in [4.69, 9.17) is 27.6 Å². The normalized spacial score (nSPS) is 10.6. The Balaban J connectivity index is 1.52. The molecule has 0 spiro atoms. The molecule has 0 saturated heterocycles. The van der Waals surface area contributed by atoms with Crippen LogP contribution in [0.1, 0.15) is 11.3 Å². The van der Waals surface area contributed by atoms with E-state index in [1.54, 1.807) is 18.5 Å². The first kappa shape index (κ1) is 16.6. The van der Waals surface area contributed by atoms with Crippen LogP contribution in [0.25, 0.3) is 0 Å². The Kier molecular flexibility index (Phi) is 5.56. The van der Waals surface area contributed by atoms with E-state index >= 15 is 0 Å². The molecule has 0 bridgehead atoms. The Hall–Kier alpha value is -2.24. The van der Waals surface area contributed by atoms with Gasteiger partial charge in [0.05, 0.1) is 12.8 Å². The van der Waals surface area contributed by atoms with Gasteiger partial charge in [0.1, 0.15) is 11.6 Å². The van der Waals surface area contributed by atoms with Crippen LogP contribution in [0.15, 0.2) is 53.3 Å². The zero-order valence-electron chi connectivity index (χ0n) is 12.8. The van der Waals surface area contributed by atoms with Crippen molar-refractivity contribution in [3.63, 3.8) is 0 Å². The molecule has 1 aromatic carbocycles. The molecule has 24 heavy (non-hydrogen) atoms. The molecule has 2 N–H and O–H groups in total. The lowest BCUT2D eigenvalue weighted by Gasteiger charge is -2.08. The molecule has 2 heterocycles. The molecule has 0 aliphatic heterocycles. The van der Waals surface area contributed by atoms with E-state index in [1.807, 2.05) is 30.3 Å². The van der Waals surface area contributed by atoms with Gasteiger partial charge >= 0.3 is 0 Å². The Bertz CT molecular complexity index is 793. The van der Waals surface area contributed by atoms with E-state index < -0.39 is 0 Å². The number of benzene rings is 1. The van der Waals surface area contributed by atoms with E-state index in [1.165, 1.54) is 0 Å². The molecule has 0 fully saturated rings. The van der Waals surface area contributed by atoms with Crippen molar-refractivity contribution >= 4 is 35.0 Å². The quantitative estimate of drug-likeness (QED) is 0.640. The Morgan fingerprint density at radius 3 is 2.79 bits per heavy atom. The fraction of sp³-hybridized carbons (Fsp3) is 0.176. The molecule has 2 aromatic heterocycles. The predicted molar refractivity (Wildman–Crippen MR) is 96.7 cm³/mol. The molecule has 5 nitrogen and oxygen atoms in total. The highest BCUT2D eigenvalue weighted by Gasteiger charge is 2.03. The molecule has 0 atom stereocenters. The van der Waals surface area contributed by atoms with Gasteiger partial charge in [0.2, 0.25) is 5.95 Å². The first-order valence-electron chi connectivity index (χ1n) is 7.48. The lowest BCUT2D eigenvalue weighted by molar-refractivity contribution is 0.518. The zero-order chi connectivity index (χ0) is 16.8. The molecule has 3 rings (SSSR count). The summed E-state index contributed by atoms with van der Waals surface area (Å²) in [5.74, 6) is 2.14. The van der Waals surface area contributed by atoms with E-state index in [0.29, 0.717) is 29.1 Å². The smallest absolute Gasteiger partial charge is 0.224 e. The molecular formula is C17H16Cl2N4O. The third kappa shape index (κ3) is 4.63. The van der Waals surface area contributed by atoms with Crippen molar-refractivity contribution < 1.29 is 4.42 Å². The summed E-state index contributed by atoms with van der Waals surface area (Å²) in [5, 5.41) is 7.68. The van der Waals surface area contributed by atoms with Crippen LogP contribution in [-0.2, 0) is 13.0 Å². The number of hydrogen-bond acceptors (Lipinski definition) is 5. The highest BCUT2D eigenvalue weighted by molar-refractivity contribution is 6.35. The minimum Gasteiger partial charge on any atom is -0.467 e. The van der Waals surface area contributed by atoms with E-state index in [0.717, 1.165) is 23.6 Å². The van der Waals surface area contributed by atoms with Gasteiger partial charge in [-0.05, 0) is 42.3 Å². The standard InChI is InChI=1S/C17H16Cl2N4O/c18-13-4-3-12(15(19)10-13)5-7-20-17-21-8-6-16(23-17)22-11-14-2-1-9-24-14/h1-4,6,8-10H,5,7,11H2,(H2,20,21,22,23). The van der Waals surface area contributed by atoms with Crippen molar-refractivity contribution in [2.24, 2.45) is 0 Å². The summed E-state index contributed by atoms with van der Waals surface area (Å²) in [6.07, 6.45) is 4.10. The third-order valence-electron chi connectivity index (χ3n) is 3.37. The van der Waals surface area contributed by atoms with Crippen molar-refractivity contribution in [3.8, 4) is 0 Å². The maximum Gasteiger partial charge on any atom is 0.224 e. The first-order valence-corrected chi connectivity index (χ1v) is 8.23. The first-order chi connectivity index (χ1) is 11.7. The molecule has 0 aliphatic carbocycles. The molecule has 0 saturated carbocycles. The molecule has 0 unspecified atom stereocenters. The second-order valence-corrected chi connectivity index (χ2v) is 5.95. The number of halogens is 2. The lowest BCUT2D eigenvalue weighted by Crippen LogP contribution is -2.09. The predicted octanol–water partition coefficient (Wildman–Crippen LogP) is 4.64. The number of nitrogens with zero attached hydrogens (tertiary/aromatic N) is 2. The number of rotatable bonds is 7. The SMILES string of the molecule is Clc1ccc(CCNc2nccc(NCc3ccco3)n2)c(Cl)c1. The highest BCUT2D eigenvalue weighted by Crippen LogP contribution is 2.21. The van der Waals surface area contributed by atoms with Crippen LogP contribution in [0.4, 0.5) is 11.8 Å². The molecule has 0 amide bonds. The summed E-state index contributed by atoms with van der Waals surface area (Å²) in [5.41, 5.74) is 1.03. The average Bonchev–Trinajstić information content (AvgIpc) is 3.09. The van der Waals surface area contributed by atoms with Crippen LogP contribution in [0.2, 0.25) is 10.0 Å². The summed E-state index contributed by atoms with van der Waals surface area (Å²) in [6.45, 7) is 1.24. The van der Waals surface area contributed by atoms with Crippen molar-refractivity contribution in [2.45, 2.75) is 13.0 Å². The Labute approximate surface area is 150 Å². The van der Waals surface area contributed by atoms with Gasteiger partial charge in [0.15, 0.2) is 0 Å². The number of nitrogens with one attached hydrogen (secondary N) is 2. The molecule has 0 aliphatic rings. The summed E-state index contributed by atoms with van der Waals surface area (Å²) in [7, 11) is 0. The van der Waals surface area contributed by atoms with Crippen molar-refractivity contribution in [2.75, 3.05) is 17.2 Å². The number of furan rings is 1. The number of aromatic nitrogens is 2. The van der Waals surface area contributed by atoms with Gasteiger partial charge in [-0.15, -0.1) is 0 Å². The fourth-order valence-corrected chi connectivity index (χ4v) is 2.67. The van der Waals surface area contributed by atoms with E-state index in [-0.39, 0.29) is 0 Å². The Morgan fingerprint density at radius 2 is 2.00 bits per heavy atom. The molecule has 3 aromatic rings. The maximum absolute atomic E-state index is 6.16. The van der Waals surface area contributed by atoms with Gasteiger partial charge < -0.3 is 15.1 Å². The van der Waals surface area contributed by atoms with Gasteiger partial charge in [0, 0.05) is 22.8 Å². The van der Waals surface area contributed by atoms with Gasteiger partial charge in [0.25, 0.3) is 0 Å². The second kappa shape index (κ2) is 8.04.